The first-order valence-electron chi connectivity index (χ1n) is 6.28. The van der Waals surface area contributed by atoms with E-state index in [1.165, 1.54) is 6.08 Å². The summed E-state index contributed by atoms with van der Waals surface area (Å²) in [5.74, 6) is -0.501. The number of phosphoric acid groups is 1. The maximum Gasteiger partial charge on any atom is 0.466 e. The third-order valence-electron chi connectivity index (χ3n) is 1.73. The van der Waals surface area contributed by atoms with E-state index in [1.807, 2.05) is 6.07 Å². The fourth-order valence-electron chi connectivity index (χ4n) is 0.934. The molecule has 0 fully saturated rings. The van der Waals surface area contributed by atoms with Crippen LogP contribution in [0.3, 0.4) is 0 Å². The van der Waals surface area contributed by atoms with Gasteiger partial charge in [-0.1, -0.05) is 36.9 Å². The third-order valence-corrected chi connectivity index (χ3v) is 2.21. The van der Waals surface area contributed by atoms with E-state index in [1.54, 1.807) is 24.3 Å². The molecule has 0 aromatic heterocycles. The molecule has 1 aromatic rings. The molecule has 0 aliphatic rings. The summed E-state index contributed by atoms with van der Waals surface area (Å²) >= 11 is 0. The molecule has 5 N–H and O–H groups in total. The second-order valence-electron chi connectivity index (χ2n) is 3.84. The van der Waals surface area contributed by atoms with E-state index in [-0.39, 0.29) is 13.2 Å². The summed E-state index contributed by atoms with van der Waals surface area (Å²) in [6.07, 6.45) is 2.38. The van der Waals surface area contributed by atoms with E-state index in [9.17, 15) is 13.2 Å². The SMILES string of the molecule is C=CC(=O)OCCO.O=P(O)(O)O.O=S(=O)(O)C=Cc1ccccc1. The summed E-state index contributed by atoms with van der Waals surface area (Å²) in [6.45, 7) is 3.06. The van der Waals surface area contributed by atoms with Crippen LogP contribution < -0.4 is 0 Å². The van der Waals surface area contributed by atoms with Crippen molar-refractivity contribution in [3.63, 3.8) is 0 Å². The molecule has 0 saturated heterocycles. The van der Waals surface area contributed by atoms with Gasteiger partial charge in [0.05, 0.1) is 12.0 Å². The van der Waals surface area contributed by atoms with E-state index < -0.39 is 23.9 Å². The van der Waals surface area contributed by atoms with Gasteiger partial charge in [-0.2, -0.15) is 8.42 Å². The Labute approximate surface area is 144 Å². The topological polar surface area (TPSA) is 179 Å². The van der Waals surface area contributed by atoms with Crippen LogP contribution in [0, 0.1) is 0 Å². The summed E-state index contributed by atoms with van der Waals surface area (Å²) in [4.78, 5) is 31.7. The second kappa shape index (κ2) is 13.4. The van der Waals surface area contributed by atoms with E-state index >= 15 is 0 Å². The molecule has 0 atom stereocenters. The lowest BCUT2D eigenvalue weighted by Crippen LogP contribution is -2.04. The molecular weight excluding hydrogens is 379 g/mol. The van der Waals surface area contributed by atoms with Crippen molar-refractivity contribution in [2.24, 2.45) is 0 Å². The Hall–Kier alpha value is -1.85. The smallest absolute Gasteiger partial charge is 0.460 e. The number of hydrogen-bond donors (Lipinski definition) is 5. The fraction of sp³-hybridized carbons (Fsp3) is 0.154. The molecule has 0 heterocycles. The molecule has 0 radical (unpaired) electrons. The van der Waals surface area contributed by atoms with Gasteiger partial charge in [0.25, 0.3) is 10.1 Å². The molecule has 0 bridgehead atoms. The van der Waals surface area contributed by atoms with Crippen molar-refractivity contribution in [1.29, 1.82) is 0 Å². The molecule has 0 aliphatic carbocycles. The van der Waals surface area contributed by atoms with Crippen LogP contribution in [0.25, 0.3) is 6.08 Å². The number of rotatable bonds is 5. The molecule has 12 heteroatoms. The van der Waals surface area contributed by atoms with Crippen LogP contribution >= 0.6 is 7.82 Å². The average Bonchev–Trinajstić information content (AvgIpc) is 2.50. The van der Waals surface area contributed by atoms with Crippen molar-refractivity contribution >= 4 is 30.0 Å². The van der Waals surface area contributed by atoms with Gasteiger partial charge in [-0.15, -0.1) is 0 Å². The van der Waals surface area contributed by atoms with Crippen LogP contribution in [0.15, 0.2) is 48.4 Å². The largest absolute Gasteiger partial charge is 0.466 e. The monoisotopic (exact) mass is 398 g/mol. The van der Waals surface area contributed by atoms with Gasteiger partial charge in [0.1, 0.15) is 6.61 Å². The molecule has 25 heavy (non-hydrogen) atoms. The van der Waals surface area contributed by atoms with E-state index in [2.05, 4.69) is 11.3 Å². The minimum absolute atomic E-state index is 0.0465. The summed E-state index contributed by atoms with van der Waals surface area (Å²) in [5.41, 5.74) is 0.732. The molecule has 0 aliphatic heterocycles. The zero-order chi connectivity index (χ0) is 19.9. The number of carbonyl (C=O) groups is 1. The van der Waals surface area contributed by atoms with E-state index in [4.69, 9.17) is 28.9 Å². The van der Waals surface area contributed by atoms with Crippen LogP contribution in [0.5, 0.6) is 0 Å². The highest BCUT2D eigenvalue weighted by Crippen LogP contribution is 2.25. The van der Waals surface area contributed by atoms with Crippen LogP contribution in [0.4, 0.5) is 0 Å². The Kier molecular flexibility index (Phi) is 13.7. The molecule has 0 spiro atoms. The van der Waals surface area contributed by atoms with Gasteiger partial charge in [-0.25, -0.2) is 9.36 Å². The predicted molar refractivity (Wildman–Crippen MR) is 89.5 cm³/mol. The Morgan fingerprint density at radius 3 is 2.04 bits per heavy atom. The molecule has 0 saturated carbocycles. The quantitative estimate of drug-likeness (QED) is 0.201. The minimum Gasteiger partial charge on any atom is -0.460 e. The Bertz CT molecular complexity index is 670. The normalized spacial score (nSPS) is 10.8. The standard InChI is InChI=1S/C8H8O3S.C5H8O3.H3O4P/c9-12(10,11)7-6-8-4-2-1-3-5-8;1-2-5(7)8-4-3-6;1-5(2,3)4/h1-7H,(H,9,10,11);2,6H,1,3-4H2;(H3,1,2,3,4). The number of aliphatic hydroxyl groups is 1. The van der Waals surface area contributed by atoms with Gasteiger partial charge in [-0.3, -0.25) is 4.55 Å². The Morgan fingerprint density at radius 1 is 1.20 bits per heavy atom. The van der Waals surface area contributed by atoms with E-state index in [0.29, 0.717) is 0 Å². The maximum atomic E-state index is 10.3. The minimum atomic E-state index is -4.64. The van der Waals surface area contributed by atoms with Crippen molar-refractivity contribution < 1.29 is 46.9 Å². The first-order chi connectivity index (χ1) is 11.4. The van der Waals surface area contributed by atoms with Crippen LogP contribution in [-0.4, -0.2) is 51.9 Å². The second-order valence-corrected chi connectivity index (χ2v) is 6.17. The molecular formula is C13H19O10PS. The maximum absolute atomic E-state index is 10.3. The summed E-state index contributed by atoms with van der Waals surface area (Å²) in [6, 6.07) is 8.86. The summed E-state index contributed by atoms with van der Waals surface area (Å²) in [7, 11) is -8.64. The van der Waals surface area contributed by atoms with Crippen molar-refractivity contribution in [1.82, 2.24) is 0 Å². The highest BCUT2D eigenvalue weighted by Gasteiger charge is 2.00. The van der Waals surface area contributed by atoms with Crippen LogP contribution in [0.2, 0.25) is 0 Å². The lowest BCUT2D eigenvalue weighted by molar-refractivity contribution is -0.138. The van der Waals surface area contributed by atoms with Gasteiger partial charge >= 0.3 is 13.8 Å². The first kappa shape index (κ1) is 25.4. The molecule has 0 unspecified atom stereocenters. The predicted octanol–water partition coefficient (Wildman–Crippen LogP) is 0.324. The van der Waals surface area contributed by atoms with E-state index in [0.717, 1.165) is 17.0 Å². The van der Waals surface area contributed by atoms with Crippen molar-refractivity contribution in [2.45, 2.75) is 0 Å². The number of benzene rings is 1. The number of carbonyl (C=O) groups excluding carboxylic acids is 1. The van der Waals surface area contributed by atoms with Gasteiger partial charge in [0, 0.05) is 6.08 Å². The zero-order valence-corrected chi connectivity index (χ0v) is 14.6. The average molecular weight is 398 g/mol. The first-order valence-corrected chi connectivity index (χ1v) is 9.35. The molecule has 1 aromatic carbocycles. The molecule has 0 amide bonds. The van der Waals surface area contributed by atoms with Gasteiger partial charge < -0.3 is 24.5 Å². The lowest BCUT2D eigenvalue weighted by Gasteiger charge is -1.94. The Morgan fingerprint density at radius 2 is 1.68 bits per heavy atom. The number of esters is 1. The van der Waals surface area contributed by atoms with Crippen molar-refractivity contribution in [3.05, 3.63) is 54.0 Å². The summed E-state index contributed by atoms with van der Waals surface area (Å²) in [5, 5.41) is 8.85. The number of aliphatic hydroxyl groups excluding tert-OH is 1. The molecule has 142 valence electrons. The van der Waals surface area contributed by atoms with Crippen molar-refractivity contribution in [3.8, 4) is 0 Å². The summed E-state index contributed by atoms with van der Waals surface area (Å²) < 4.78 is 42.1. The fourth-order valence-corrected chi connectivity index (χ4v) is 1.26. The van der Waals surface area contributed by atoms with Crippen LogP contribution in [-0.2, 0) is 24.2 Å². The molecule has 1 rings (SSSR count). The third kappa shape index (κ3) is 27.3. The van der Waals surface area contributed by atoms with Gasteiger partial charge in [0.2, 0.25) is 0 Å². The highest BCUT2D eigenvalue weighted by atomic mass is 32.2. The lowest BCUT2D eigenvalue weighted by atomic mass is 10.2. The molecule has 10 nitrogen and oxygen atoms in total. The van der Waals surface area contributed by atoms with Crippen LogP contribution in [0.1, 0.15) is 5.56 Å². The van der Waals surface area contributed by atoms with Crippen molar-refractivity contribution in [2.75, 3.05) is 13.2 Å². The zero-order valence-electron chi connectivity index (χ0n) is 12.9. The highest BCUT2D eigenvalue weighted by molar-refractivity contribution is 7.88. The number of hydrogen-bond acceptors (Lipinski definition) is 6. The van der Waals surface area contributed by atoms with Gasteiger partial charge in [0.15, 0.2) is 0 Å². The number of ether oxygens (including phenoxy) is 1. The Balaban J connectivity index is 0. The van der Waals surface area contributed by atoms with Gasteiger partial charge in [-0.05, 0) is 11.6 Å².